The molecule has 1 rings (SSSR count). The number of carbonyl (C=O) groups excluding carboxylic acids is 1. The molecular weight excluding hydrogens is 202 g/mol. The molecule has 0 aromatic carbocycles. The van der Waals surface area contributed by atoms with Crippen LogP contribution in [0.4, 0.5) is 0 Å². The number of Topliss-reactive ketones (excluding diaryl/α,β-unsaturated/α-hetero) is 1. The highest BCUT2D eigenvalue weighted by atomic mass is 16.8. The van der Waals surface area contributed by atoms with E-state index < -0.39 is 11.9 Å². The summed E-state index contributed by atoms with van der Waals surface area (Å²) in [4.78, 5) is 22.0. The van der Waals surface area contributed by atoms with Crippen molar-refractivity contribution in [1.82, 2.24) is 5.23 Å². The van der Waals surface area contributed by atoms with Crippen molar-refractivity contribution in [3.63, 3.8) is 0 Å². The van der Waals surface area contributed by atoms with Crippen molar-refractivity contribution in [1.29, 1.82) is 0 Å². The van der Waals surface area contributed by atoms with E-state index in [1.807, 2.05) is 6.92 Å². The van der Waals surface area contributed by atoms with E-state index in [9.17, 15) is 9.59 Å². The van der Waals surface area contributed by atoms with Crippen LogP contribution in [0.15, 0.2) is 0 Å². The van der Waals surface area contributed by atoms with Gasteiger partial charge in [-0.25, -0.2) is 0 Å². The van der Waals surface area contributed by atoms with E-state index in [0.29, 0.717) is 6.42 Å². The molecule has 1 fully saturated rings. The maximum absolute atomic E-state index is 11.5. The lowest BCUT2D eigenvalue weighted by atomic mass is 9.88. The lowest BCUT2D eigenvalue weighted by molar-refractivity contribution is -0.314. The number of aliphatic carboxylic acids is 1. The molecule has 86 valence electrons. The van der Waals surface area contributed by atoms with Crippen molar-refractivity contribution >= 4 is 11.8 Å². The number of carboxylic acid groups (broad SMARTS) is 1. The number of rotatable bonds is 4. The van der Waals surface area contributed by atoms with Gasteiger partial charge < -0.3 is 5.11 Å². The van der Waals surface area contributed by atoms with E-state index in [2.05, 4.69) is 0 Å². The van der Waals surface area contributed by atoms with E-state index >= 15 is 0 Å². The van der Waals surface area contributed by atoms with E-state index in [0.717, 1.165) is 0 Å². The highest BCUT2D eigenvalue weighted by Crippen LogP contribution is 2.36. The first-order chi connectivity index (χ1) is 6.91. The quantitative estimate of drug-likeness (QED) is 0.589. The Morgan fingerprint density at radius 2 is 2.13 bits per heavy atom. The first kappa shape index (κ1) is 12.1. The molecule has 6 nitrogen and oxygen atoms in total. The summed E-state index contributed by atoms with van der Waals surface area (Å²) in [5.41, 5.74) is 0. The van der Waals surface area contributed by atoms with Crippen LogP contribution in [0.2, 0.25) is 0 Å². The van der Waals surface area contributed by atoms with Crippen LogP contribution in [0, 0.1) is 17.8 Å². The molecule has 1 unspecified atom stereocenters. The van der Waals surface area contributed by atoms with Crippen LogP contribution in [0.25, 0.3) is 0 Å². The normalized spacial score (nSPS) is 31.2. The molecule has 0 aromatic rings. The lowest BCUT2D eigenvalue weighted by Gasteiger charge is -2.21. The van der Waals surface area contributed by atoms with Gasteiger partial charge in [-0.1, -0.05) is 12.2 Å². The molecule has 3 atom stereocenters. The third kappa shape index (κ3) is 2.98. The predicted molar refractivity (Wildman–Crippen MR) is 48.3 cm³/mol. The summed E-state index contributed by atoms with van der Waals surface area (Å²) in [6.07, 6.45) is 0.0815. The summed E-state index contributed by atoms with van der Waals surface area (Å²) in [6.45, 7) is 1.72. The molecule has 0 saturated heterocycles. The van der Waals surface area contributed by atoms with Crippen molar-refractivity contribution in [2.75, 3.05) is 6.54 Å². The number of hydrogen-bond donors (Lipinski definition) is 3. The fourth-order valence-electron chi connectivity index (χ4n) is 2.20. The van der Waals surface area contributed by atoms with E-state index in [1.165, 1.54) is 0 Å². The highest BCUT2D eigenvalue weighted by molar-refractivity contribution is 5.87. The van der Waals surface area contributed by atoms with Gasteiger partial charge in [0.1, 0.15) is 5.78 Å². The molecule has 15 heavy (non-hydrogen) atoms. The third-order valence-corrected chi connectivity index (χ3v) is 2.95. The molecule has 0 aliphatic heterocycles. The number of hydroxylamine groups is 2. The molecule has 0 spiro atoms. The molecule has 0 amide bonds. The van der Waals surface area contributed by atoms with Gasteiger partial charge in [0.25, 0.3) is 0 Å². The van der Waals surface area contributed by atoms with Gasteiger partial charge in [0.2, 0.25) is 0 Å². The Morgan fingerprint density at radius 3 is 2.60 bits per heavy atom. The lowest BCUT2D eigenvalue weighted by Crippen LogP contribution is -2.30. The van der Waals surface area contributed by atoms with Gasteiger partial charge in [0.15, 0.2) is 0 Å². The smallest absolute Gasteiger partial charge is 0.304 e. The summed E-state index contributed by atoms with van der Waals surface area (Å²) < 4.78 is 0. The largest absolute Gasteiger partial charge is 0.481 e. The standard InChI is InChI=1S/C9H15NO5/c1-5-2-8(11)6(3-9(12)13)7(5)4-10(14)15/h5-7,14-15H,2-4H2,1H3,(H,12,13)/t5?,6-,7+/m1/s1. The second-order valence-corrected chi connectivity index (χ2v) is 4.07. The van der Waals surface area contributed by atoms with Gasteiger partial charge in [-0.15, -0.1) is 0 Å². The van der Waals surface area contributed by atoms with Gasteiger partial charge in [0, 0.05) is 12.3 Å². The minimum absolute atomic E-state index is 0.0105. The van der Waals surface area contributed by atoms with Crippen LogP contribution in [-0.4, -0.2) is 39.0 Å². The molecule has 0 heterocycles. The average molecular weight is 217 g/mol. The molecule has 1 saturated carbocycles. The van der Waals surface area contributed by atoms with Crippen LogP contribution in [-0.2, 0) is 9.59 Å². The molecule has 0 radical (unpaired) electrons. The monoisotopic (exact) mass is 217 g/mol. The SMILES string of the molecule is CC1CC(=O)[C@H](CC(=O)O)[C@H]1CN(O)O. The molecular formula is C9H15NO5. The van der Waals surface area contributed by atoms with Crippen LogP contribution >= 0.6 is 0 Å². The summed E-state index contributed by atoms with van der Waals surface area (Å²) in [5.74, 6) is -2.04. The zero-order valence-corrected chi connectivity index (χ0v) is 8.46. The third-order valence-electron chi connectivity index (χ3n) is 2.95. The molecule has 0 aromatic heterocycles. The zero-order chi connectivity index (χ0) is 11.6. The second kappa shape index (κ2) is 4.69. The number of nitrogens with zero attached hydrogens (tertiary/aromatic N) is 1. The van der Waals surface area contributed by atoms with Gasteiger partial charge in [0.05, 0.1) is 13.0 Å². The topological polar surface area (TPSA) is 98.1 Å². The minimum Gasteiger partial charge on any atom is -0.481 e. The van der Waals surface area contributed by atoms with Crippen molar-refractivity contribution in [3.8, 4) is 0 Å². The van der Waals surface area contributed by atoms with Gasteiger partial charge in [-0.2, -0.15) is 0 Å². The van der Waals surface area contributed by atoms with Crippen LogP contribution in [0.3, 0.4) is 0 Å². The van der Waals surface area contributed by atoms with Crippen molar-refractivity contribution in [2.24, 2.45) is 17.8 Å². The van der Waals surface area contributed by atoms with E-state index in [1.54, 1.807) is 0 Å². The van der Waals surface area contributed by atoms with Crippen molar-refractivity contribution in [2.45, 2.75) is 19.8 Å². The first-order valence-electron chi connectivity index (χ1n) is 4.81. The van der Waals surface area contributed by atoms with Crippen molar-refractivity contribution in [3.05, 3.63) is 0 Å². The number of carbonyl (C=O) groups is 2. The van der Waals surface area contributed by atoms with Crippen LogP contribution in [0.1, 0.15) is 19.8 Å². The van der Waals surface area contributed by atoms with E-state index in [4.69, 9.17) is 15.5 Å². The predicted octanol–water partition coefficient (Wildman–Crippen LogP) is 0.383. The molecule has 0 bridgehead atoms. The maximum atomic E-state index is 11.5. The minimum atomic E-state index is -1.03. The Hall–Kier alpha value is -0.980. The van der Waals surface area contributed by atoms with Crippen LogP contribution in [0.5, 0.6) is 0 Å². The molecule has 1 aliphatic rings. The fraction of sp³-hybridized carbons (Fsp3) is 0.778. The molecule has 1 aliphatic carbocycles. The number of carboxylic acids is 1. The number of hydrogen-bond acceptors (Lipinski definition) is 5. The zero-order valence-electron chi connectivity index (χ0n) is 8.46. The Balaban J connectivity index is 2.70. The van der Waals surface area contributed by atoms with Gasteiger partial charge in [-0.05, 0) is 11.8 Å². The average Bonchev–Trinajstić information content (AvgIpc) is 2.30. The fourth-order valence-corrected chi connectivity index (χ4v) is 2.20. The van der Waals surface area contributed by atoms with Crippen molar-refractivity contribution < 1.29 is 25.1 Å². The highest BCUT2D eigenvalue weighted by Gasteiger charge is 2.41. The van der Waals surface area contributed by atoms with Crippen LogP contribution < -0.4 is 0 Å². The van der Waals surface area contributed by atoms with Gasteiger partial charge >= 0.3 is 5.97 Å². The first-order valence-corrected chi connectivity index (χ1v) is 4.81. The maximum Gasteiger partial charge on any atom is 0.304 e. The number of ketones is 1. The van der Waals surface area contributed by atoms with E-state index in [-0.39, 0.29) is 35.8 Å². The summed E-state index contributed by atoms with van der Waals surface area (Å²) in [5, 5.41) is 26.1. The van der Waals surface area contributed by atoms with Gasteiger partial charge in [-0.3, -0.25) is 20.0 Å². The second-order valence-electron chi connectivity index (χ2n) is 4.07. The Kier molecular flexibility index (Phi) is 3.78. The summed E-state index contributed by atoms with van der Waals surface area (Å²) in [7, 11) is 0. The molecule has 6 heteroatoms. The summed E-state index contributed by atoms with van der Waals surface area (Å²) in [6, 6.07) is 0. The Labute approximate surface area is 87.0 Å². The molecule has 3 N–H and O–H groups in total. The Morgan fingerprint density at radius 1 is 1.53 bits per heavy atom. The Bertz CT molecular complexity index is 265. The summed E-state index contributed by atoms with van der Waals surface area (Å²) >= 11 is 0.